The Bertz CT molecular complexity index is 1560. The van der Waals surface area contributed by atoms with Gasteiger partial charge in [-0.05, 0) is 111 Å². The molecule has 0 spiro atoms. The number of aliphatic hydroxyl groups is 8. The van der Waals surface area contributed by atoms with E-state index in [1.165, 1.54) is 0 Å². The van der Waals surface area contributed by atoms with Gasteiger partial charge in [0.05, 0.1) is 23.7 Å². The molecule has 5 aliphatic carbocycles. The lowest BCUT2D eigenvalue weighted by molar-refractivity contribution is -0.324. The second-order valence-electron chi connectivity index (χ2n) is 20.0. The average Bonchev–Trinajstić information content (AvgIpc) is 3.12. The monoisotopic (exact) mass is 796 g/mol. The highest BCUT2D eigenvalue weighted by Crippen LogP contribution is 2.75. The number of rotatable bonds is 6. The molecule has 0 radical (unpaired) electrons. The zero-order chi connectivity index (χ0) is 41.1. The summed E-state index contributed by atoms with van der Waals surface area (Å²) in [6.07, 6.45) is -8.19. The fourth-order valence-corrected chi connectivity index (χ4v) is 13.4. The minimum Gasteiger partial charge on any atom is -0.479 e. The Labute approximate surface area is 328 Å². The topological polar surface area (TPSA) is 253 Å². The molecule has 19 atom stereocenters. The van der Waals surface area contributed by atoms with Crippen molar-refractivity contribution in [3.05, 3.63) is 11.6 Å². The molecule has 6 fully saturated rings. The van der Waals surface area contributed by atoms with Crippen LogP contribution < -0.4 is 0 Å². The molecule has 2 aliphatic heterocycles. The van der Waals surface area contributed by atoms with E-state index in [0.717, 1.165) is 31.3 Å². The minimum absolute atomic E-state index is 0.151. The maximum Gasteiger partial charge on any atom is 0.335 e. The van der Waals surface area contributed by atoms with Gasteiger partial charge in [0.1, 0.15) is 42.7 Å². The number of carbonyl (C=O) groups excluding carboxylic acids is 1. The van der Waals surface area contributed by atoms with Crippen molar-refractivity contribution >= 4 is 11.9 Å². The van der Waals surface area contributed by atoms with Gasteiger partial charge in [-0.3, -0.25) is 4.79 Å². The van der Waals surface area contributed by atoms with Gasteiger partial charge >= 0.3 is 11.9 Å². The largest absolute Gasteiger partial charge is 0.479 e. The lowest BCUT2D eigenvalue weighted by Gasteiger charge is -2.71. The highest BCUT2D eigenvalue weighted by molar-refractivity contribution is 5.79. The van der Waals surface area contributed by atoms with Gasteiger partial charge in [0.15, 0.2) is 12.4 Å². The normalized spacial score (nSPS) is 54.0. The van der Waals surface area contributed by atoms with Gasteiger partial charge in [0.2, 0.25) is 6.29 Å². The number of allylic oxidation sites excluding steroid dienone is 2. The predicted molar refractivity (Wildman–Crippen MR) is 195 cm³/mol. The van der Waals surface area contributed by atoms with Crippen LogP contribution in [-0.4, -0.2) is 138 Å². The van der Waals surface area contributed by atoms with Crippen molar-refractivity contribution in [1.29, 1.82) is 0 Å². The summed E-state index contributed by atoms with van der Waals surface area (Å²) in [6.45, 7) is 12.5. The fourth-order valence-electron chi connectivity index (χ4n) is 13.4. The first-order valence-electron chi connectivity index (χ1n) is 20.5. The third kappa shape index (κ3) is 6.16. The number of carboxylic acids is 1. The number of ether oxygens (including phenoxy) is 4. The summed E-state index contributed by atoms with van der Waals surface area (Å²) < 4.78 is 23.4. The molecule has 2 heterocycles. The summed E-state index contributed by atoms with van der Waals surface area (Å²) in [5.41, 5.74) is -2.04. The van der Waals surface area contributed by atoms with E-state index in [0.29, 0.717) is 38.5 Å². The van der Waals surface area contributed by atoms with E-state index in [2.05, 4.69) is 40.7 Å². The number of carbonyl (C=O) groups is 2. The standard InChI is InChI=1S/C41H64O15/c1-36(2)22-9-12-40(6)23(38(22,4)11-10-24(36)54-34-30(48)27(45)28(46)31(55-34)32(49)50)8-7-19-20-17-37(3,52)13-15-41(20,16-14-39(19,40)5)35(51)56-33-29(47)26(44)25(43)21(18-42)53-33/h7,20-31,33-34,42-48,52H,8-18H2,1-6H3,(H,49,50). The van der Waals surface area contributed by atoms with E-state index in [-0.39, 0.29) is 34.0 Å². The van der Waals surface area contributed by atoms with Crippen LogP contribution >= 0.6 is 0 Å². The number of aliphatic hydroxyl groups excluding tert-OH is 7. The molecule has 2 saturated heterocycles. The van der Waals surface area contributed by atoms with Crippen LogP contribution in [0.15, 0.2) is 11.6 Å². The van der Waals surface area contributed by atoms with Crippen LogP contribution in [0, 0.1) is 44.8 Å². The molecule has 9 N–H and O–H groups in total. The van der Waals surface area contributed by atoms with Crippen molar-refractivity contribution in [2.45, 2.75) is 179 Å². The van der Waals surface area contributed by atoms with E-state index in [1.54, 1.807) is 6.92 Å². The Morgan fingerprint density at radius 2 is 1.41 bits per heavy atom. The second-order valence-corrected chi connectivity index (χ2v) is 20.0. The molecular formula is C41H64O15. The Hall–Kier alpha value is -1.76. The van der Waals surface area contributed by atoms with Crippen molar-refractivity contribution < 1.29 is 74.5 Å². The molecule has 0 aromatic rings. The van der Waals surface area contributed by atoms with Gasteiger partial charge < -0.3 is 64.9 Å². The van der Waals surface area contributed by atoms with Gasteiger partial charge in [0.25, 0.3) is 0 Å². The van der Waals surface area contributed by atoms with Gasteiger partial charge in [-0.25, -0.2) is 4.79 Å². The van der Waals surface area contributed by atoms with E-state index >= 15 is 0 Å². The van der Waals surface area contributed by atoms with Gasteiger partial charge in [-0.1, -0.05) is 46.3 Å². The SMILES string of the molecule is CC1(O)CCC2(C(=O)OC3OC(CO)C(O)C(O)C3O)CCC3(C)C(=CCC4C5(C)CCC(OC6OC(C(=O)O)C(O)C(O)C6O)C(C)(C)C5CCC43C)C2C1. The lowest BCUT2D eigenvalue weighted by Crippen LogP contribution is -2.66. The highest BCUT2D eigenvalue weighted by atomic mass is 16.7. The van der Waals surface area contributed by atoms with Crippen molar-refractivity contribution in [3.63, 3.8) is 0 Å². The average molecular weight is 797 g/mol. The molecule has 15 nitrogen and oxygen atoms in total. The molecule has 7 rings (SSSR count). The Kier molecular flexibility index (Phi) is 10.7. The number of fused-ring (bicyclic) bond motifs is 7. The van der Waals surface area contributed by atoms with E-state index < -0.39 is 102 Å². The fraction of sp³-hybridized carbons (Fsp3) is 0.902. The smallest absolute Gasteiger partial charge is 0.335 e. The van der Waals surface area contributed by atoms with Crippen LogP contribution in [0.2, 0.25) is 0 Å². The molecule has 0 aromatic carbocycles. The van der Waals surface area contributed by atoms with Crippen LogP contribution in [0.1, 0.15) is 106 Å². The number of carboxylic acid groups (broad SMARTS) is 1. The minimum atomic E-state index is -1.80. The van der Waals surface area contributed by atoms with Crippen molar-refractivity contribution in [1.82, 2.24) is 0 Å². The predicted octanol–water partition coefficient (Wildman–Crippen LogP) is 1.13. The van der Waals surface area contributed by atoms with Crippen molar-refractivity contribution in [2.24, 2.45) is 44.8 Å². The first-order valence-corrected chi connectivity index (χ1v) is 20.5. The Morgan fingerprint density at radius 1 is 0.768 bits per heavy atom. The molecule has 0 amide bonds. The molecule has 19 unspecified atom stereocenters. The Balaban J connectivity index is 1.16. The summed E-state index contributed by atoms with van der Waals surface area (Å²) in [7, 11) is 0. The molecule has 0 aromatic heterocycles. The summed E-state index contributed by atoms with van der Waals surface area (Å²) in [6, 6.07) is 0. The van der Waals surface area contributed by atoms with Crippen molar-refractivity contribution in [2.75, 3.05) is 6.61 Å². The summed E-state index contributed by atoms with van der Waals surface area (Å²) in [5, 5.41) is 93.8. The van der Waals surface area contributed by atoms with Crippen LogP contribution in [-0.2, 0) is 28.5 Å². The summed E-state index contributed by atoms with van der Waals surface area (Å²) >= 11 is 0. The molecule has 0 bridgehead atoms. The summed E-state index contributed by atoms with van der Waals surface area (Å²) in [5.74, 6) is -2.00. The molecule has 15 heteroatoms. The van der Waals surface area contributed by atoms with E-state index in [4.69, 9.17) is 18.9 Å². The number of hydrogen-bond donors (Lipinski definition) is 9. The van der Waals surface area contributed by atoms with Crippen molar-refractivity contribution in [3.8, 4) is 0 Å². The lowest BCUT2D eigenvalue weighted by atomic mass is 9.33. The number of aliphatic carboxylic acids is 1. The quantitative estimate of drug-likeness (QED) is 0.104. The molecule has 4 saturated carbocycles. The van der Waals surface area contributed by atoms with E-state index in [1.807, 2.05) is 0 Å². The summed E-state index contributed by atoms with van der Waals surface area (Å²) in [4.78, 5) is 26.3. The number of hydrogen-bond acceptors (Lipinski definition) is 14. The maximum absolute atomic E-state index is 14.5. The van der Waals surface area contributed by atoms with Crippen LogP contribution in [0.5, 0.6) is 0 Å². The van der Waals surface area contributed by atoms with Gasteiger partial charge in [0, 0.05) is 0 Å². The maximum atomic E-state index is 14.5. The zero-order valence-electron chi connectivity index (χ0n) is 33.4. The molecule has 7 aliphatic rings. The Morgan fingerprint density at radius 3 is 2.07 bits per heavy atom. The molecule has 318 valence electrons. The highest BCUT2D eigenvalue weighted by Gasteiger charge is 2.70. The third-order valence-electron chi connectivity index (χ3n) is 16.9. The molecule has 56 heavy (non-hydrogen) atoms. The van der Waals surface area contributed by atoms with Crippen LogP contribution in [0.3, 0.4) is 0 Å². The third-order valence-corrected chi connectivity index (χ3v) is 16.9. The van der Waals surface area contributed by atoms with Gasteiger partial charge in [-0.2, -0.15) is 0 Å². The van der Waals surface area contributed by atoms with Crippen LogP contribution in [0.25, 0.3) is 0 Å². The second kappa shape index (κ2) is 14.2. The zero-order valence-corrected chi connectivity index (χ0v) is 33.4. The van der Waals surface area contributed by atoms with E-state index in [9.17, 15) is 55.5 Å². The molecular weight excluding hydrogens is 732 g/mol. The number of esters is 1. The van der Waals surface area contributed by atoms with Gasteiger partial charge in [-0.15, -0.1) is 0 Å². The first-order chi connectivity index (χ1) is 26.0. The first kappa shape index (κ1) is 42.4. The van der Waals surface area contributed by atoms with Crippen LogP contribution in [0.4, 0.5) is 0 Å².